The standard InChI is InChI=1S/C21H32O/c1-2-3-4-5-6-7-8-9-10-11-12-16-19-21(22)20-17-14-13-15-18-20/h13-15,17-18,21-22H,2-12H2,1H3. The summed E-state index contributed by atoms with van der Waals surface area (Å²) < 4.78 is 0. The van der Waals surface area contributed by atoms with Crippen LogP contribution in [-0.4, -0.2) is 5.11 Å². The van der Waals surface area contributed by atoms with Crippen LogP contribution in [0.15, 0.2) is 30.3 Å². The van der Waals surface area contributed by atoms with Gasteiger partial charge < -0.3 is 5.11 Å². The Morgan fingerprint density at radius 2 is 1.36 bits per heavy atom. The summed E-state index contributed by atoms with van der Waals surface area (Å²) in [4.78, 5) is 0. The van der Waals surface area contributed by atoms with Crippen molar-refractivity contribution in [3.05, 3.63) is 35.9 Å². The lowest BCUT2D eigenvalue weighted by Crippen LogP contribution is -1.92. The van der Waals surface area contributed by atoms with Gasteiger partial charge in [-0.2, -0.15) is 0 Å². The number of hydrogen-bond donors (Lipinski definition) is 1. The normalized spacial score (nSPS) is 11.7. The predicted octanol–water partition coefficient (Wildman–Crippen LogP) is 6.03. The third kappa shape index (κ3) is 9.64. The molecule has 0 heterocycles. The molecule has 0 amide bonds. The van der Waals surface area contributed by atoms with Gasteiger partial charge in [-0.15, -0.1) is 5.92 Å². The van der Waals surface area contributed by atoms with E-state index in [9.17, 15) is 5.11 Å². The zero-order valence-corrected chi connectivity index (χ0v) is 14.2. The minimum Gasteiger partial charge on any atom is -0.376 e. The predicted molar refractivity (Wildman–Crippen MR) is 95.6 cm³/mol. The zero-order chi connectivity index (χ0) is 15.9. The van der Waals surface area contributed by atoms with Gasteiger partial charge in [0, 0.05) is 6.42 Å². The first-order chi connectivity index (χ1) is 10.8. The van der Waals surface area contributed by atoms with E-state index in [2.05, 4.69) is 18.8 Å². The van der Waals surface area contributed by atoms with Crippen LogP contribution in [0.5, 0.6) is 0 Å². The molecule has 0 aliphatic rings. The van der Waals surface area contributed by atoms with Crippen molar-refractivity contribution in [1.82, 2.24) is 0 Å². The first-order valence-corrected chi connectivity index (χ1v) is 9.06. The van der Waals surface area contributed by atoms with Gasteiger partial charge >= 0.3 is 0 Å². The second-order valence-electron chi connectivity index (χ2n) is 6.07. The summed E-state index contributed by atoms with van der Waals surface area (Å²) in [5.74, 6) is 6.04. The van der Waals surface area contributed by atoms with Crippen LogP contribution in [0.2, 0.25) is 0 Å². The van der Waals surface area contributed by atoms with E-state index >= 15 is 0 Å². The van der Waals surface area contributed by atoms with E-state index in [1.807, 2.05) is 30.3 Å². The van der Waals surface area contributed by atoms with Crippen molar-refractivity contribution in [2.45, 2.75) is 83.7 Å². The molecule has 0 saturated carbocycles. The molecule has 0 fully saturated rings. The van der Waals surface area contributed by atoms with Crippen LogP contribution in [0, 0.1) is 11.8 Å². The van der Waals surface area contributed by atoms with Crippen molar-refractivity contribution >= 4 is 0 Å². The Balaban J connectivity index is 1.95. The highest BCUT2D eigenvalue weighted by molar-refractivity contribution is 5.24. The highest BCUT2D eigenvalue weighted by Gasteiger charge is 2.00. The zero-order valence-electron chi connectivity index (χ0n) is 14.2. The number of rotatable bonds is 11. The lowest BCUT2D eigenvalue weighted by Gasteiger charge is -2.02. The number of unbranched alkanes of at least 4 members (excludes halogenated alkanes) is 10. The molecule has 0 aromatic heterocycles. The molecule has 0 spiro atoms. The lowest BCUT2D eigenvalue weighted by molar-refractivity contribution is 0.238. The molecule has 1 aromatic rings. The van der Waals surface area contributed by atoms with Gasteiger partial charge in [0.05, 0.1) is 0 Å². The number of benzene rings is 1. The molecule has 1 nitrogen and oxygen atoms in total. The number of aliphatic hydroxyl groups is 1. The van der Waals surface area contributed by atoms with Crippen LogP contribution in [0.4, 0.5) is 0 Å². The van der Waals surface area contributed by atoms with Crippen molar-refractivity contribution in [2.75, 3.05) is 0 Å². The fraction of sp³-hybridized carbons (Fsp3) is 0.619. The molecule has 0 aliphatic carbocycles. The molecule has 0 bridgehead atoms. The fourth-order valence-electron chi connectivity index (χ4n) is 2.59. The molecule has 1 aromatic carbocycles. The second kappa shape index (κ2) is 13.4. The van der Waals surface area contributed by atoms with Gasteiger partial charge in [-0.3, -0.25) is 0 Å². The summed E-state index contributed by atoms with van der Waals surface area (Å²) >= 11 is 0. The summed E-state index contributed by atoms with van der Waals surface area (Å²) in [5, 5.41) is 9.91. The molecule has 0 aliphatic heterocycles. The van der Waals surface area contributed by atoms with Gasteiger partial charge in [-0.05, 0) is 12.0 Å². The summed E-state index contributed by atoms with van der Waals surface area (Å²) in [6.07, 6.45) is 13.7. The third-order valence-corrected chi connectivity index (χ3v) is 4.01. The monoisotopic (exact) mass is 300 g/mol. The van der Waals surface area contributed by atoms with E-state index < -0.39 is 6.10 Å². The summed E-state index contributed by atoms with van der Waals surface area (Å²) in [6.45, 7) is 2.27. The highest BCUT2D eigenvalue weighted by Crippen LogP contribution is 2.12. The minimum atomic E-state index is -0.635. The van der Waals surface area contributed by atoms with Crippen molar-refractivity contribution in [3.63, 3.8) is 0 Å². The smallest absolute Gasteiger partial charge is 0.140 e. The van der Waals surface area contributed by atoms with E-state index in [0.717, 1.165) is 18.4 Å². The van der Waals surface area contributed by atoms with Gasteiger partial charge in [0.1, 0.15) is 6.10 Å². The Bertz CT molecular complexity index is 413. The van der Waals surface area contributed by atoms with Crippen molar-refractivity contribution in [3.8, 4) is 11.8 Å². The quantitative estimate of drug-likeness (QED) is 0.390. The van der Waals surface area contributed by atoms with Crippen LogP contribution >= 0.6 is 0 Å². The molecular formula is C21H32O. The first kappa shape index (κ1) is 18.8. The Kier molecular flexibility index (Phi) is 11.4. The third-order valence-electron chi connectivity index (χ3n) is 4.01. The van der Waals surface area contributed by atoms with Crippen LogP contribution < -0.4 is 0 Å². The van der Waals surface area contributed by atoms with Gasteiger partial charge in [0.15, 0.2) is 0 Å². The lowest BCUT2D eigenvalue weighted by atomic mass is 10.1. The van der Waals surface area contributed by atoms with E-state index in [4.69, 9.17) is 0 Å². The summed E-state index contributed by atoms with van der Waals surface area (Å²) in [5.41, 5.74) is 0.887. The average molecular weight is 300 g/mol. The molecule has 1 N–H and O–H groups in total. The maximum Gasteiger partial charge on any atom is 0.140 e. The largest absolute Gasteiger partial charge is 0.376 e. The van der Waals surface area contributed by atoms with E-state index in [-0.39, 0.29) is 0 Å². The van der Waals surface area contributed by atoms with Crippen molar-refractivity contribution in [2.24, 2.45) is 0 Å². The SMILES string of the molecule is CCCCCCCCCCCCC#CC(O)c1ccccc1. The Morgan fingerprint density at radius 1 is 0.818 bits per heavy atom. The molecule has 0 radical (unpaired) electrons. The van der Waals surface area contributed by atoms with Crippen molar-refractivity contribution in [1.29, 1.82) is 0 Å². The summed E-state index contributed by atoms with van der Waals surface area (Å²) in [7, 11) is 0. The Labute approximate surface area is 137 Å². The number of aliphatic hydroxyl groups excluding tert-OH is 1. The highest BCUT2D eigenvalue weighted by atomic mass is 16.3. The van der Waals surface area contributed by atoms with Gasteiger partial charge in [-0.1, -0.05) is 101 Å². The van der Waals surface area contributed by atoms with E-state index in [1.54, 1.807) is 0 Å². The molecule has 122 valence electrons. The summed E-state index contributed by atoms with van der Waals surface area (Å²) in [6, 6.07) is 9.65. The van der Waals surface area contributed by atoms with Crippen LogP contribution in [0.3, 0.4) is 0 Å². The van der Waals surface area contributed by atoms with Crippen LogP contribution in [0.1, 0.15) is 89.2 Å². The maximum atomic E-state index is 9.91. The molecule has 1 atom stereocenters. The van der Waals surface area contributed by atoms with Crippen molar-refractivity contribution < 1.29 is 5.11 Å². The molecule has 1 unspecified atom stereocenters. The molecule has 22 heavy (non-hydrogen) atoms. The average Bonchev–Trinajstić information content (AvgIpc) is 2.56. The number of hydrogen-bond acceptors (Lipinski definition) is 1. The first-order valence-electron chi connectivity index (χ1n) is 9.06. The topological polar surface area (TPSA) is 20.2 Å². The maximum absolute atomic E-state index is 9.91. The van der Waals surface area contributed by atoms with Crippen LogP contribution in [0.25, 0.3) is 0 Å². The van der Waals surface area contributed by atoms with Crippen LogP contribution in [-0.2, 0) is 0 Å². The van der Waals surface area contributed by atoms with Gasteiger partial charge in [0.2, 0.25) is 0 Å². The Morgan fingerprint density at radius 3 is 1.95 bits per heavy atom. The Hall–Kier alpha value is -1.26. The van der Waals surface area contributed by atoms with E-state index in [0.29, 0.717) is 0 Å². The second-order valence-corrected chi connectivity index (χ2v) is 6.07. The molecule has 1 heteroatoms. The minimum absolute atomic E-state index is 0.635. The molecule has 1 rings (SSSR count). The fourth-order valence-corrected chi connectivity index (χ4v) is 2.59. The van der Waals surface area contributed by atoms with Gasteiger partial charge in [0.25, 0.3) is 0 Å². The molecule has 0 saturated heterocycles. The van der Waals surface area contributed by atoms with E-state index in [1.165, 1.54) is 57.8 Å². The molecular weight excluding hydrogens is 268 g/mol. The van der Waals surface area contributed by atoms with Gasteiger partial charge in [-0.25, -0.2) is 0 Å².